The van der Waals surface area contributed by atoms with Crippen molar-refractivity contribution in [3.8, 4) is 34.4 Å². The van der Waals surface area contributed by atoms with Gasteiger partial charge in [0.2, 0.25) is 11.8 Å². The zero-order chi connectivity index (χ0) is 26.9. The maximum Gasteiger partial charge on any atom is 0.307 e. The van der Waals surface area contributed by atoms with Crippen LogP contribution in [0.4, 0.5) is 0 Å². The number of fused-ring (bicyclic) bond motifs is 2. The second kappa shape index (κ2) is 10.9. The van der Waals surface area contributed by atoms with Gasteiger partial charge in [-0.2, -0.15) is 4.98 Å². The molecule has 3 aromatic rings. The number of nitrogens with zero attached hydrogens (tertiary/aromatic N) is 2. The van der Waals surface area contributed by atoms with E-state index in [-0.39, 0.29) is 12.0 Å². The molecule has 9 heteroatoms. The number of methoxy groups -OCH3 is 1. The number of rotatable bonds is 7. The van der Waals surface area contributed by atoms with E-state index >= 15 is 0 Å². The van der Waals surface area contributed by atoms with Crippen molar-refractivity contribution in [2.24, 2.45) is 5.92 Å². The lowest BCUT2D eigenvalue weighted by Crippen LogP contribution is -2.38. The van der Waals surface area contributed by atoms with Crippen molar-refractivity contribution < 1.29 is 28.8 Å². The molecular formula is C30H31ClN2O6. The second-order valence-electron chi connectivity index (χ2n) is 10.2. The minimum Gasteiger partial charge on any atom is -0.486 e. The van der Waals surface area contributed by atoms with E-state index in [2.05, 4.69) is 28.1 Å². The lowest BCUT2D eigenvalue weighted by molar-refractivity contribution is -0.143. The Hall–Kier alpha value is -3.49. The van der Waals surface area contributed by atoms with Crippen molar-refractivity contribution in [3.05, 3.63) is 64.2 Å². The number of piperidine rings is 1. The molecule has 8 nitrogen and oxygen atoms in total. The third-order valence-corrected chi connectivity index (χ3v) is 8.02. The first kappa shape index (κ1) is 25.8. The zero-order valence-corrected chi connectivity index (χ0v) is 22.6. The van der Waals surface area contributed by atoms with Crippen LogP contribution in [-0.4, -0.2) is 54.4 Å². The maximum absolute atomic E-state index is 11.5. The maximum atomic E-state index is 11.5. The highest BCUT2D eigenvalue weighted by Crippen LogP contribution is 2.43. The zero-order valence-electron chi connectivity index (χ0n) is 21.8. The van der Waals surface area contributed by atoms with Crippen LogP contribution in [0.1, 0.15) is 42.1 Å². The Morgan fingerprint density at radius 1 is 1.13 bits per heavy atom. The summed E-state index contributed by atoms with van der Waals surface area (Å²) in [4.78, 5) is 18.2. The molecule has 1 fully saturated rings. The van der Waals surface area contributed by atoms with E-state index in [1.807, 2.05) is 24.3 Å². The topological polar surface area (TPSA) is 90.4 Å². The Bertz CT molecular complexity index is 1400. The number of carboxylic acids is 1. The molecule has 0 unspecified atom stereocenters. The first-order valence-electron chi connectivity index (χ1n) is 13.4. The van der Waals surface area contributed by atoms with Gasteiger partial charge in [-0.3, -0.25) is 9.69 Å². The summed E-state index contributed by atoms with van der Waals surface area (Å²) in [6.45, 7) is 2.96. The number of aliphatic carboxylic acids is 1. The van der Waals surface area contributed by atoms with Gasteiger partial charge in [0, 0.05) is 18.7 Å². The minimum absolute atomic E-state index is 0.184. The molecule has 0 amide bonds. The lowest BCUT2D eigenvalue weighted by atomic mass is 9.96. The number of ether oxygens (including phenoxy) is 4. The number of carboxylic acid groups (broad SMARTS) is 1. The summed E-state index contributed by atoms with van der Waals surface area (Å²) in [6.07, 6.45) is 3.04. The fourth-order valence-corrected chi connectivity index (χ4v) is 6.08. The number of hydrogen-bond donors (Lipinski definition) is 1. The average Bonchev–Trinajstić information content (AvgIpc) is 3.37. The van der Waals surface area contributed by atoms with E-state index in [1.165, 1.54) is 5.56 Å². The Labute approximate surface area is 232 Å². The molecule has 0 spiro atoms. The van der Waals surface area contributed by atoms with E-state index in [0.717, 1.165) is 59.6 Å². The summed E-state index contributed by atoms with van der Waals surface area (Å²) in [5.74, 6) is 1.22. The number of halogens is 1. The van der Waals surface area contributed by atoms with E-state index in [1.54, 1.807) is 7.11 Å². The minimum atomic E-state index is -0.749. The summed E-state index contributed by atoms with van der Waals surface area (Å²) in [6, 6.07) is 14.2. The number of pyridine rings is 1. The van der Waals surface area contributed by atoms with E-state index in [4.69, 9.17) is 30.5 Å². The largest absolute Gasteiger partial charge is 0.486 e. The van der Waals surface area contributed by atoms with Gasteiger partial charge < -0.3 is 24.1 Å². The molecule has 2 atom stereocenters. The molecule has 2 aromatic carbocycles. The number of carbonyl (C=O) groups is 1. The molecule has 6 rings (SSSR count). The highest BCUT2D eigenvalue weighted by molar-refractivity contribution is 6.31. The molecule has 3 aliphatic rings. The smallest absolute Gasteiger partial charge is 0.307 e. The third kappa shape index (κ3) is 5.23. The molecule has 1 aromatic heterocycles. The van der Waals surface area contributed by atoms with Crippen LogP contribution in [0.3, 0.4) is 0 Å². The van der Waals surface area contributed by atoms with Gasteiger partial charge in [0.15, 0.2) is 11.5 Å². The van der Waals surface area contributed by atoms with Crippen LogP contribution in [-0.2, 0) is 17.8 Å². The first-order chi connectivity index (χ1) is 19.0. The standard InChI is InChI=1S/C30H31ClN2O6/c1-36-28-20(17-33-11-3-4-19(16-33)30(34)35)14-24(31)29(32-28)39-25-10-8-22-21(5-2-6-23(22)25)18-7-9-26-27(15-18)38-13-12-37-26/h2,5-7,9,14-15,19,25H,3-4,8,10-13,16-17H2,1H3,(H,34,35)/t19-,25+/m1/s1. The molecule has 0 radical (unpaired) electrons. The second-order valence-corrected chi connectivity index (χ2v) is 10.6. The van der Waals surface area contributed by atoms with Crippen molar-refractivity contribution in [1.82, 2.24) is 9.88 Å². The Morgan fingerprint density at radius 2 is 1.97 bits per heavy atom. The van der Waals surface area contributed by atoms with Crippen molar-refractivity contribution in [2.45, 2.75) is 38.3 Å². The van der Waals surface area contributed by atoms with Crippen LogP contribution in [0.25, 0.3) is 11.1 Å². The highest BCUT2D eigenvalue weighted by Gasteiger charge is 2.30. The highest BCUT2D eigenvalue weighted by atomic mass is 35.5. The average molecular weight is 551 g/mol. The van der Waals surface area contributed by atoms with Gasteiger partial charge in [-0.25, -0.2) is 0 Å². The molecule has 2 aliphatic heterocycles. The molecule has 39 heavy (non-hydrogen) atoms. The van der Waals surface area contributed by atoms with Crippen LogP contribution < -0.4 is 18.9 Å². The normalized spacial score (nSPS) is 20.4. The van der Waals surface area contributed by atoms with Crippen LogP contribution in [0.2, 0.25) is 5.02 Å². The number of benzene rings is 2. The summed E-state index contributed by atoms with van der Waals surface area (Å²) in [7, 11) is 1.57. The quantitative estimate of drug-likeness (QED) is 0.410. The van der Waals surface area contributed by atoms with Gasteiger partial charge in [0.05, 0.1) is 13.0 Å². The fraction of sp³-hybridized carbons (Fsp3) is 0.400. The van der Waals surface area contributed by atoms with E-state index in [9.17, 15) is 9.90 Å². The predicted octanol–water partition coefficient (Wildman–Crippen LogP) is 5.54. The number of likely N-dealkylation sites (tertiary alicyclic amines) is 1. The third-order valence-electron chi connectivity index (χ3n) is 7.75. The molecule has 0 saturated carbocycles. The molecule has 1 aliphatic carbocycles. The van der Waals surface area contributed by atoms with Gasteiger partial charge in [0.1, 0.15) is 24.3 Å². The number of aromatic nitrogens is 1. The summed E-state index contributed by atoms with van der Waals surface area (Å²) in [5, 5.41) is 9.84. The van der Waals surface area contributed by atoms with Gasteiger partial charge in [-0.15, -0.1) is 0 Å². The van der Waals surface area contributed by atoms with Gasteiger partial charge >= 0.3 is 5.97 Å². The van der Waals surface area contributed by atoms with Gasteiger partial charge in [-0.1, -0.05) is 35.9 Å². The van der Waals surface area contributed by atoms with E-state index < -0.39 is 5.97 Å². The summed E-state index contributed by atoms with van der Waals surface area (Å²) in [5.41, 5.74) is 5.42. The summed E-state index contributed by atoms with van der Waals surface area (Å²) >= 11 is 6.67. The SMILES string of the molecule is COc1nc(O[C@H]2CCc3c(-c4ccc5c(c4)OCCO5)cccc32)c(Cl)cc1CN1CCC[C@@H](C(=O)O)C1. The summed E-state index contributed by atoms with van der Waals surface area (Å²) < 4.78 is 23.5. The van der Waals surface area contributed by atoms with Gasteiger partial charge in [-0.05, 0) is 72.7 Å². The Balaban J connectivity index is 1.22. The number of hydrogen-bond acceptors (Lipinski definition) is 7. The lowest BCUT2D eigenvalue weighted by Gasteiger charge is -2.30. The molecule has 3 heterocycles. The van der Waals surface area contributed by atoms with Crippen LogP contribution in [0.15, 0.2) is 42.5 Å². The Morgan fingerprint density at radius 3 is 2.79 bits per heavy atom. The van der Waals surface area contributed by atoms with Crippen LogP contribution in [0, 0.1) is 5.92 Å². The van der Waals surface area contributed by atoms with Crippen LogP contribution >= 0.6 is 11.6 Å². The van der Waals surface area contributed by atoms with Gasteiger partial charge in [0.25, 0.3) is 0 Å². The van der Waals surface area contributed by atoms with Crippen molar-refractivity contribution in [3.63, 3.8) is 0 Å². The fourth-order valence-electron chi connectivity index (χ4n) is 5.86. The molecule has 0 bridgehead atoms. The first-order valence-corrected chi connectivity index (χ1v) is 13.7. The molecule has 204 valence electrons. The van der Waals surface area contributed by atoms with Crippen molar-refractivity contribution >= 4 is 17.6 Å². The Kier molecular flexibility index (Phi) is 7.23. The van der Waals surface area contributed by atoms with E-state index in [0.29, 0.717) is 49.5 Å². The van der Waals surface area contributed by atoms with Crippen molar-refractivity contribution in [1.29, 1.82) is 0 Å². The monoisotopic (exact) mass is 550 g/mol. The van der Waals surface area contributed by atoms with Crippen molar-refractivity contribution in [2.75, 3.05) is 33.4 Å². The molecular weight excluding hydrogens is 520 g/mol. The predicted molar refractivity (Wildman–Crippen MR) is 146 cm³/mol. The molecule has 1 saturated heterocycles. The molecule has 1 N–H and O–H groups in total. The van der Waals surface area contributed by atoms with Crippen LogP contribution in [0.5, 0.6) is 23.3 Å².